The van der Waals surface area contributed by atoms with Gasteiger partial charge in [-0.1, -0.05) is 12.2 Å². The van der Waals surface area contributed by atoms with Crippen molar-refractivity contribution in [3.8, 4) is 5.75 Å². The number of carbonyl (C=O) groups is 1. The molecule has 98 valence electrons. The van der Waals surface area contributed by atoms with Crippen LogP contribution in [0.5, 0.6) is 5.75 Å². The van der Waals surface area contributed by atoms with E-state index in [1.54, 1.807) is 0 Å². The van der Waals surface area contributed by atoms with E-state index in [0.29, 0.717) is 17.9 Å². The maximum Gasteiger partial charge on any atom is 0.303 e. The topological polar surface area (TPSA) is 46.5 Å². The van der Waals surface area contributed by atoms with Crippen LogP contribution in [0.4, 0.5) is 0 Å². The molecule has 0 aliphatic rings. The predicted octanol–water partition coefficient (Wildman–Crippen LogP) is 3.28. The highest BCUT2D eigenvalue weighted by Crippen LogP contribution is 2.25. The van der Waals surface area contributed by atoms with Crippen molar-refractivity contribution in [1.29, 1.82) is 0 Å². The molecule has 0 radical (unpaired) electrons. The van der Waals surface area contributed by atoms with E-state index in [1.807, 2.05) is 32.9 Å². The Kier molecular flexibility index (Phi) is 5.28. The standard InChI is InChI=1S/C14H18O3S/c1-4-17-12-8-10(3)9(2)7-11(12)13(18)5-6-14(15)16/h7-8H,4-6H2,1-3H3,(H,15,16). The first kappa shape index (κ1) is 14.6. The van der Waals surface area contributed by atoms with Gasteiger partial charge in [0.05, 0.1) is 13.0 Å². The molecule has 1 N–H and O–H groups in total. The quantitative estimate of drug-likeness (QED) is 0.634. The van der Waals surface area contributed by atoms with Crippen LogP contribution < -0.4 is 4.74 Å². The Balaban J connectivity index is 3.01. The minimum atomic E-state index is -0.834. The fourth-order valence-corrected chi connectivity index (χ4v) is 1.90. The third kappa shape index (κ3) is 3.81. The van der Waals surface area contributed by atoms with Crippen LogP contribution in [0.1, 0.15) is 36.5 Å². The molecule has 0 bridgehead atoms. The molecule has 1 aromatic rings. The molecule has 0 spiro atoms. The van der Waals surface area contributed by atoms with E-state index in [-0.39, 0.29) is 6.42 Å². The number of carboxylic acids is 1. The van der Waals surface area contributed by atoms with Crippen molar-refractivity contribution in [2.75, 3.05) is 6.61 Å². The van der Waals surface area contributed by atoms with Crippen molar-refractivity contribution in [3.05, 3.63) is 28.8 Å². The second-order valence-electron chi connectivity index (χ2n) is 4.18. The molecule has 0 aliphatic carbocycles. The van der Waals surface area contributed by atoms with Gasteiger partial charge in [0.2, 0.25) is 0 Å². The number of hydrogen-bond donors (Lipinski definition) is 1. The van der Waals surface area contributed by atoms with E-state index in [9.17, 15) is 4.79 Å². The molecule has 0 saturated heterocycles. The van der Waals surface area contributed by atoms with E-state index >= 15 is 0 Å². The van der Waals surface area contributed by atoms with Crippen LogP contribution in [-0.2, 0) is 4.79 Å². The molecule has 0 aliphatic heterocycles. The molecular weight excluding hydrogens is 248 g/mol. The summed E-state index contributed by atoms with van der Waals surface area (Å²) in [6.07, 6.45) is 0.421. The lowest BCUT2D eigenvalue weighted by atomic mass is 10.0. The third-order valence-electron chi connectivity index (χ3n) is 2.76. The minimum Gasteiger partial charge on any atom is -0.493 e. The van der Waals surface area contributed by atoms with Crippen LogP contribution >= 0.6 is 12.2 Å². The maximum atomic E-state index is 10.6. The average molecular weight is 266 g/mol. The fourth-order valence-electron chi connectivity index (χ4n) is 1.64. The molecule has 0 amide bonds. The number of aryl methyl sites for hydroxylation is 2. The third-order valence-corrected chi connectivity index (χ3v) is 3.19. The summed E-state index contributed by atoms with van der Waals surface area (Å²) in [6.45, 7) is 6.51. The van der Waals surface area contributed by atoms with Crippen molar-refractivity contribution in [2.24, 2.45) is 0 Å². The first-order valence-corrected chi connectivity index (χ1v) is 6.35. The van der Waals surface area contributed by atoms with Crippen LogP contribution in [0.3, 0.4) is 0 Å². The smallest absolute Gasteiger partial charge is 0.303 e. The highest BCUT2D eigenvalue weighted by atomic mass is 32.1. The normalized spacial score (nSPS) is 10.2. The van der Waals surface area contributed by atoms with Gasteiger partial charge in [-0.3, -0.25) is 4.79 Å². The van der Waals surface area contributed by atoms with Crippen LogP contribution in [0.2, 0.25) is 0 Å². The van der Waals surface area contributed by atoms with Gasteiger partial charge in [-0.2, -0.15) is 0 Å². The van der Waals surface area contributed by atoms with E-state index in [0.717, 1.165) is 22.4 Å². The molecule has 0 fully saturated rings. The molecule has 1 aromatic carbocycles. The Morgan fingerprint density at radius 1 is 1.28 bits per heavy atom. The molecule has 0 atom stereocenters. The maximum absolute atomic E-state index is 10.6. The second-order valence-corrected chi connectivity index (χ2v) is 4.68. The molecule has 0 saturated carbocycles. The Morgan fingerprint density at radius 3 is 2.44 bits per heavy atom. The zero-order valence-electron chi connectivity index (χ0n) is 10.9. The monoisotopic (exact) mass is 266 g/mol. The first-order valence-electron chi connectivity index (χ1n) is 5.94. The summed E-state index contributed by atoms with van der Waals surface area (Å²) in [5, 5.41) is 8.69. The Morgan fingerprint density at radius 2 is 1.89 bits per heavy atom. The largest absolute Gasteiger partial charge is 0.493 e. The Hall–Kier alpha value is -1.42. The summed E-state index contributed by atoms with van der Waals surface area (Å²) in [6, 6.07) is 3.94. The highest BCUT2D eigenvalue weighted by molar-refractivity contribution is 7.80. The van der Waals surface area contributed by atoms with E-state index < -0.39 is 5.97 Å². The number of aliphatic carboxylic acids is 1. The summed E-state index contributed by atoms with van der Waals surface area (Å²) in [5.74, 6) is -0.0878. The summed E-state index contributed by atoms with van der Waals surface area (Å²) >= 11 is 5.30. The Bertz CT molecular complexity index is 466. The number of benzene rings is 1. The zero-order valence-corrected chi connectivity index (χ0v) is 11.8. The first-order chi connectivity index (χ1) is 8.45. The summed E-state index contributed by atoms with van der Waals surface area (Å²) < 4.78 is 5.57. The molecule has 0 unspecified atom stereocenters. The van der Waals surface area contributed by atoms with Crippen LogP contribution in [0.15, 0.2) is 12.1 Å². The molecule has 0 heterocycles. The zero-order chi connectivity index (χ0) is 13.7. The number of hydrogen-bond acceptors (Lipinski definition) is 3. The van der Waals surface area contributed by atoms with E-state index in [1.165, 1.54) is 0 Å². The molecule has 1 rings (SSSR count). The van der Waals surface area contributed by atoms with E-state index in [4.69, 9.17) is 22.1 Å². The van der Waals surface area contributed by atoms with Crippen molar-refractivity contribution in [1.82, 2.24) is 0 Å². The lowest BCUT2D eigenvalue weighted by Crippen LogP contribution is -2.06. The summed E-state index contributed by atoms with van der Waals surface area (Å²) in [7, 11) is 0. The molecule has 0 aromatic heterocycles. The van der Waals surface area contributed by atoms with Gasteiger partial charge in [0.25, 0.3) is 0 Å². The fraction of sp³-hybridized carbons (Fsp3) is 0.429. The van der Waals surface area contributed by atoms with Crippen molar-refractivity contribution in [2.45, 2.75) is 33.6 Å². The SMILES string of the molecule is CCOc1cc(C)c(C)cc1C(=S)CCC(=O)O. The van der Waals surface area contributed by atoms with Gasteiger partial charge in [-0.15, -0.1) is 0 Å². The number of rotatable bonds is 6. The van der Waals surface area contributed by atoms with Crippen LogP contribution in [-0.4, -0.2) is 22.5 Å². The average Bonchev–Trinajstić information content (AvgIpc) is 2.30. The van der Waals surface area contributed by atoms with Crippen molar-refractivity contribution < 1.29 is 14.6 Å². The predicted molar refractivity (Wildman–Crippen MR) is 75.7 cm³/mol. The van der Waals surface area contributed by atoms with Gasteiger partial charge in [0.15, 0.2) is 0 Å². The van der Waals surface area contributed by atoms with Crippen molar-refractivity contribution in [3.63, 3.8) is 0 Å². The van der Waals surface area contributed by atoms with Gasteiger partial charge in [0.1, 0.15) is 5.75 Å². The van der Waals surface area contributed by atoms with Crippen LogP contribution in [0.25, 0.3) is 0 Å². The number of ether oxygens (including phenoxy) is 1. The van der Waals surface area contributed by atoms with Crippen molar-refractivity contribution >= 4 is 23.1 Å². The molecule has 3 nitrogen and oxygen atoms in total. The molecule has 18 heavy (non-hydrogen) atoms. The second kappa shape index (κ2) is 6.50. The van der Waals surface area contributed by atoms with Gasteiger partial charge in [-0.25, -0.2) is 0 Å². The molecule has 4 heteroatoms. The number of carboxylic acid groups (broad SMARTS) is 1. The van der Waals surface area contributed by atoms with Gasteiger partial charge in [-0.05, 0) is 50.5 Å². The van der Waals surface area contributed by atoms with Gasteiger partial charge < -0.3 is 9.84 Å². The highest BCUT2D eigenvalue weighted by Gasteiger charge is 2.12. The van der Waals surface area contributed by atoms with E-state index in [2.05, 4.69) is 0 Å². The van der Waals surface area contributed by atoms with Gasteiger partial charge in [0, 0.05) is 10.4 Å². The lowest BCUT2D eigenvalue weighted by molar-refractivity contribution is -0.136. The molecular formula is C14H18O3S. The number of thiocarbonyl (C=S) groups is 1. The summed E-state index contributed by atoms with van der Waals surface area (Å²) in [5.41, 5.74) is 3.12. The van der Waals surface area contributed by atoms with Gasteiger partial charge >= 0.3 is 5.97 Å². The lowest BCUT2D eigenvalue weighted by Gasteiger charge is -2.13. The summed E-state index contributed by atoms with van der Waals surface area (Å²) in [4.78, 5) is 11.2. The van der Waals surface area contributed by atoms with Crippen LogP contribution in [0, 0.1) is 13.8 Å². The minimum absolute atomic E-state index is 0.0529. The Labute approximate surface area is 113 Å².